The van der Waals surface area contributed by atoms with Gasteiger partial charge in [-0.2, -0.15) is 5.10 Å². The van der Waals surface area contributed by atoms with E-state index in [-0.39, 0.29) is 0 Å². The molecule has 0 radical (unpaired) electrons. The molecule has 0 amide bonds. The Morgan fingerprint density at radius 1 is 1.30 bits per heavy atom. The monoisotopic (exact) mass is 291 g/mol. The Hall–Kier alpha value is -1.13. The molecule has 3 nitrogen and oxygen atoms in total. The first-order valence-corrected chi connectivity index (χ1v) is 8.20. The van der Waals surface area contributed by atoms with Gasteiger partial charge in [0.2, 0.25) is 0 Å². The largest absolute Gasteiger partial charge is 0.312 e. The van der Waals surface area contributed by atoms with Crippen LogP contribution >= 0.6 is 11.3 Å². The quantitative estimate of drug-likeness (QED) is 0.880. The molecule has 0 saturated carbocycles. The van der Waals surface area contributed by atoms with Gasteiger partial charge in [-0.15, -0.1) is 11.3 Å². The minimum absolute atomic E-state index is 0.374. The number of hydrogen-bond acceptors (Lipinski definition) is 3. The molecule has 2 aromatic heterocycles. The lowest BCUT2D eigenvalue weighted by Gasteiger charge is -2.15. The summed E-state index contributed by atoms with van der Waals surface area (Å²) in [4.78, 5) is 2.84. The van der Waals surface area contributed by atoms with Gasteiger partial charge in [-0.05, 0) is 51.9 Å². The fourth-order valence-corrected chi connectivity index (χ4v) is 3.61. The smallest absolute Gasteiger partial charge is 0.0624 e. The molecule has 110 valence electrons. The Bertz CT molecular complexity index is 549. The van der Waals surface area contributed by atoms with Crippen LogP contribution in [0.2, 0.25) is 0 Å². The summed E-state index contributed by atoms with van der Waals surface area (Å²) >= 11 is 1.90. The molecular formula is C16H25N3S. The van der Waals surface area contributed by atoms with E-state index >= 15 is 0 Å². The molecule has 1 N–H and O–H groups in total. The molecule has 0 aliphatic carbocycles. The summed E-state index contributed by atoms with van der Waals surface area (Å²) in [5.74, 6) is 0. The van der Waals surface area contributed by atoms with Crippen molar-refractivity contribution in [3.8, 4) is 0 Å². The van der Waals surface area contributed by atoms with Crippen molar-refractivity contribution < 1.29 is 0 Å². The zero-order valence-corrected chi connectivity index (χ0v) is 14.0. The van der Waals surface area contributed by atoms with Gasteiger partial charge in [-0.3, -0.25) is 4.68 Å². The van der Waals surface area contributed by atoms with Crippen LogP contribution in [0.3, 0.4) is 0 Å². The van der Waals surface area contributed by atoms with Crippen molar-refractivity contribution in [3.05, 3.63) is 38.8 Å². The highest BCUT2D eigenvalue weighted by Crippen LogP contribution is 2.28. The van der Waals surface area contributed by atoms with Crippen LogP contribution in [0.5, 0.6) is 0 Å². The average Bonchev–Trinajstić information content (AvgIpc) is 2.99. The van der Waals surface area contributed by atoms with Crippen molar-refractivity contribution in [2.24, 2.45) is 0 Å². The van der Waals surface area contributed by atoms with Crippen molar-refractivity contribution in [2.75, 3.05) is 7.05 Å². The van der Waals surface area contributed by atoms with Gasteiger partial charge < -0.3 is 5.32 Å². The van der Waals surface area contributed by atoms with Crippen LogP contribution in [0.15, 0.2) is 12.1 Å². The highest BCUT2D eigenvalue weighted by molar-refractivity contribution is 7.12. The van der Waals surface area contributed by atoms with E-state index in [0.29, 0.717) is 6.04 Å². The van der Waals surface area contributed by atoms with Crippen LogP contribution in [0.4, 0.5) is 0 Å². The van der Waals surface area contributed by atoms with E-state index in [4.69, 9.17) is 0 Å². The number of aromatic nitrogens is 2. The molecule has 0 aromatic carbocycles. The third kappa shape index (κ3) is 3.13. The first-order chi connectivity index (χ1) is 9.58. The zero-order valence-electron chi connectivity index (χ0n) is 13.2. The maximum atomic E-state index is 4.64. The summed E-state index contributed by atoms with van der Waals surface area (Å²) in [5, 5.41) is 8.10. The number of nitrogens with one attached hydrogen (secondary N) is 1. The first kappa shape index (κ1) is 15.3. The van der Waals surface area contributed by atoms with Crippen molar-refractivity contribution >= 4 is 11.3 Å². The van der Waals surface area contributed by atoms with Crippen LogP contribution < -0.4 is 5.32 Å². The molecule has 2 aromatic rings. The summed E-state index contributed by atoms with van der Waals surface area (Å²) < 4.78 is 2.14. The summed E-state index contributed by atoms with van der Waals surface area (Å²) in [7, 11) is 2.04. The second-order valence-corrected chi connectivity index (χ2v) is 6.52. The van der Waals surface area contributed by atoms with E-state index in [1.807, 2.05) is 18.4 Å². The molecular weight excluding hydrogens is 266 g/mol. The number of nitrogens with zero attached hydrogens (tertiary/aromatic N) is 2. The lowest BCUT2D eigenvalue weighted by Crippen LogP contribution is -2.19. The molecule has 0 spiro atoms. The number of hydrogen-bond donors (Lipinski definition) is 1. The van der Waals surface area contributed by atoms with E-state index in [2.05, 4.69) is 54.9 Å². The second kappa shape index (κ2) is 6.55. The minimum atomic E-state index is 0.374. The minimum Gasteiger partial charge on any atom is -0.312 e. The normalized spacial score (nSPS) is 12.8. The Labute approximate surface area is 126 Å². The zero-order chi connectivity index (χ0) is 14.7. The van der Waals surface area contributed by atoms with Gasteiger partial charge in [0.25, 0.3) is 0 Å². The molecule has 0 aliphatic heterocycles. The molecule has 0 fully saturated rings. The highest BCUT2D eigenvalue weighted by atomic mass is 32.1. The number of aryl methyl sites for hydroxylation is 4. The summed E-state index contributed by atoms with van der Waals surface area (Å²) in [6, 6.07) is 4.94. The molecule has 2 rings (SSSR count). The summed E-state index contributed by atoms with van der Waals surface area (Å²) in [6.07, 6.45) is 2.00. The average molecular weight is 291 g/mol. The number of rotatable bonds is 6. The van der Waals surface area contributed by atoms with E-state index in [0.717, 1.165) is 19.4 Å². The van der Waals surface area contributed by atoms with Gasteiger partial charge in [0.05, 0.1) is 5.69 Å². The van der Waals surface area contributed by atoms with Gasteiger partial charge >= 0.3 is 0 Å². The molecule has 1 unspecified atom stereocenters. The van der Waals surface area contributed by atoms with Crippen LogP contribution in [-0.4, -0.2) is 16.8 Å². The Morgan fingerprint density at radius 3 is 2.55 bits per heavy atom. The van der Waals surface area contributed by atoms with Gasteiger partial charge in [0.15, 0.2) is 0 Å². The molecule has 20 heavy (non-hydrogen) atoms. The Morgan fingerprint density at radius 2 is 2.05 bits per heavy atom. The molecule has 0 saturated heterocycles. The van der Waals surface area contributed by atoms with Gasteiger partial charge in [-0.1, -0.05) is 6.92 Å². The predicted molar refractivity (Wildman–Crippen MR) is 86.6 cm³/mol. The SMILES string of the molecule is CCc1cc(CC(NC)c2cc(C)c(C)s2)n(CC)n1. The van der Waals surface area contributed by atoms with Crippen molar-refractivity contribution in [1.29, 1.82) is 0 Å². The lowest BCUT2D eigenvalue weighted by atomic mass is 10.1. The van der Waals surface area contributed by atoms with Gasteiger partial charge in [0.1, 0.15) is 0 Å². The van der Waals surface area contributed by atoms with Gasteiger partial charge in [0, 0.05) is 34.5 Å². The van der Waals surface area contributed by atoms with Crippen LogP contribution in [-0.2, 0) is 19.4 Å². The van der Waals surface area contributed by atoms with Crippen LogP contribution in [0.1, 0.15) is 46.6 Å². The molecule has 0 bridgehead atoms. The number of likely N-dealkylation sites (N-methyl/N-ethyl adjacent to an activating group) is 1. The second-order valence-electron chi connectivity index (χ2n) is 5.23. The molecule has 2 heterocycles. The van der Waals surface area contributed by atoms with E-state index in [1.54, 1.807) is 0 Å². The van der Waals surface area contributed by atoms with Crippen molar-refractivity contribution in [1.82, 2.24) is 15.1 Å². The fourth-order valence-electron chi connectivity index (χ4n) is 2.45. The predicted octanol–water partition coefficient (Wildman–Crippen LogP) is 3.65. The maximum absolute atomic E-state index is 4.64. The lowest BCUT2D eigenvalue weighted by molar-refractivity contribution is 0.546. The standard InChI is InChI=1S/C16H25N3S/c1-6-13-9-14(19(7-2)18-13)10-15(17-5)16-8-11(3)12(4)20-16/h8-9,15,17H,6-7,10H2,1-5H3. The molecule has 1 atom stereocenters. The number of thiophene rings is 1. The Balaban J connectivity index is 2.23. The van der Waals surface area contributed by atoms with Crippen molar-refractivity contribution in [2.45, 2.75) is 53.1 Å². The van der Waals surface area contributed by atoms with Crippen molar-refractivity contribution in [3.63, 3.8) is 0 Å². The van der Waals surface area contributed by atoms with Crippen LogP contribution in [0.25, 0.3) is 0 Å². The third-order valence-corrected chi connectivity index (χ3v) is 5.13. The van der Waals surface area contributed by atoms with Crippen LogP contribution in [0, 0.1) is 13.8 Å². The highest BCUT2D eigenvalue weighted by Gasteiger charge is 2.16. The summed E-state index contributed by atoms with van der Waals surface area (Å²) in [5.41, 5.74) is 3.91. The third-order valence-electron chi connectivity index (χ3n) is 3.87. The van der Waals surface area contributed by atoms with Gasteiger partial charge in [-0.25, -0.2) is 0 Å². The summed E-state index contributed by atoms with van der Waals surface area (Å²) in [6.45, 7) is 9.64. The van der Waals surface area contributed by atoms with E-state index < -0.39 is 0 Å². The first-order valence-electron chi connectivity index (χ1n) is 7.38. The Kier molecular flexibility index (Phi) is 5.00. The molecule has 4 heteroatoms. The fraction of sp³-hybridized carbons (Fsp3) is 0.562. The molecule has 0 aliphatic rings. The van der Waals surface area contributed by atoms with E-state index in [1.165, 1.54) is 26.7 Å². The topological polar surface area (TPSA) is 29.9 Å². The van der Waals surface area contributed by atoms with E-state index in [9.17, 15) is 0 Å². The maximum Gasteiger partial charge on any atom is 0.0624 e.